The molecule has 1 unspecified atom stereocenters. The van der Waals surface area contributed by atoms with Gasteiger partial charge in [-0.25, -0.2) is 4.98 Å². The van der Waals surface area contributed by atoms with Crippen LogP contribution in [0.5, 0.6) is 5.75 Å². The Bertz CT molecular complexity index is 890. The van der Waals surface area contributed by atoms with Gasteiger partial charge in [-0.2, -0.15) is 0 Å². The summed E-state index contributed by atoms with van der Waals surface area (Å²) in [5.41, 5.74) is 1.99. The summed E-state index contributed by atoms with van der Waals surface area (Å²) in [5, 5.41) is 3.61. The highest BCUT2D eigenvalue weighted by molar-refractivity contribution is 6.30. The van der Waals surface area contributed by atoms with E-state index < -0.39 is 0 Å². The molecule has 6 heteroatoms. The van der Waals surface area contributed by atoms with Crippen LogP contribution in [0, 0.1) is 0 Å². The van der Waals surface area contributed by atoms with E-state index in [4.69, 9.17) is 21.3 Å². The van der Waals surface area contributed by atoms with Gasteiger partial charge in [0, 0.05) is 18.5 Å². The zero-order chi connectivity index (χ0) is 18.5. The molecule has 0 saturated heterocycles. The smallest absolute Gasteiger partial charge is 0.217 e. The van der Waals surface area contributed by atoms with Crippen LogP contribution in [0.2, 0.25) is 5.02 Å². The van der Waals surface area contributed by atoms with Gasteiger partial charge >= 0.3 is 0 Å². The quantitative estimate of drug-likeness (QED) is 0.628. The van der Waals surface area contributed by atoms with Gasteiger partial charge in [-0.1, -0.05) is 23.7 Å². The van der Waals surface area contributed by atoms with Gasteiger partial charge < -0.3 is 14.6 Å². The minimum atomic E-state index is -0.155. The highest BCUT2D eigenvalue weighted by Gasteiger charge is 2.17. The Morgan fingerprint density at radius 1 is 1.23 bits per heavy atom. The summed E-state index contributed by atoms with van der Waals surface area (Å²) >= 11 is 5.88. The Kier molecular flexibility index (Phi) is 5.78. The molecular weight excluding hydrogens is 350 g/mol. The summed E-state index contributed by atoms with van der Waals surface area (Å²) in [6, 6.07) is 15.2. The van der Waals surface area contributed by atoms with Gasteiger partial charge in [0.1, 0.15) is 11.6 Å². The molecule has 1 heterocycles. The lowest BCUT2D eigenvalue weighted by atomic mass is 10.3. The summed E-state index contributed by atoms with van der Waals surface area (Å²) in [6.07, 6.45) is 0.822. The second-order valence-electron chi connectivity index (χ2n) is 6.19. The van der Waals surface area contributed by atoms with Gasteiger partial charge in [0.25, 0.3) is 0 Å². The summed E-state index contributed by atoms with van der Waals surface area (Å²) in [7, 11) is 0. The summed E-state index contributed by atoms with van der Waals surface area (Å²) in [4.78, 5) is 16.1. The number of carbonyl (C=O) groups excluding carboxylic acids is 1. The topological polar surface area (TPSA) is 56.2 Å². The van der Waals surface area contributed by atoms with Crippen molar-refractivity contribution in [2.24, 2.45) is 0 Å². The lowest BCUT2D eigenvalue weighted by Crippen LogP contribution is -2.26. The molecule has 2 aromatic carbocycles. The number of hydrogen-bond donors (Lipinski definition) is 1. The number of imidazole rings is 1. The number of para-hydroxylation sites is 2. The molecule has 0 fully saturated rings. The Hall–Kier alpha value is -2.53. The number of amides is 1. The number of carbonyl (C=O) groups is 1. The van der Waals surface area contributed by atoms with E-state index in [1.807, 2.05) is 55.5 Å². The first kappa shape index (κ1) is 18.3. The zero-order valence-corrected chi connectivity index (χ0v) is 15.7. The summed E-state index contributed by atoms with van der Waals surface area (Å²) in [5.74, 6) is 1.59. The van der Waals surface area contributed by atoms with Crippen molar-refractivity contribution in [2.45, 2.75) is 32.9 Å². The molecule has 1 atom stereocenters. The average molecular weight is 372 g/mol. The van der Waals surface area contributed by atoms with Crippen LogP contribution in [-0.2, 0) is 11.3 Å². The van der Waals surface area contributed by atoms with Crippen molar-refractivity contribution in [1.82, 2.24) is 14.9 Å². The van der Waals surface area contributed by atoms with Crippen LogP contribution < -0.4 is 10.1 Å². The molecule has 3 aromatic rings. The van der Waals surface area contributed by atoms with Crippen molar-refractivity contribution >= 4 is 28.5 Å². The lowest BCUT2D eigenvalue weighted by molar-refractivity contribution is -0.119. The molecule has 0 aliphatic rings. The molecule has 3 rings (SSSR count). The number of hydrogen-bond acceptors (Lipinski definition) is 3. The van der Waals surface area contributed by atoms with Gasteiger partial charge in [-0.3, -0.25) is 4.79 Å². The number of nitrogens with zero attached hydrogens (tertiary/aromatic N) is 2. The molecule has 1 N–H and O–H groups in total. The molecule has 5 nitrogen and oxygen atoms in total. The largest absolute Gasteiger partial charge is 0.494 e. The predicted molar refractivity (Wildman–Crippen MR) is 104 cm³/mol. The fraction of sp³-hybridized carbons (Fsp3) is 0.300. The number of benzene rings is 2. The van der Waals surface area contributed by atoms with E-state index in [1.54, 1.807) is 0 Å². The van der Waals surface area contributed by atoms with E-state index in [2.05, 4.69) is 9.88 Å². The number of fused-ring (bicyclic) bond motifs is 1. The number of nitrogens with one attached hydrogen (secondary N) is 1. The lowest BCUT2D eigenvalue weighted by Gasteiger charge is -2.15. The highest BCUT2D eigenvalue weighted by Crippen LogP contribution is 2.21. The van der Waals surface area contributed by atoms with Gasteiger partial charge in [0.2, 0.25) is 5.91 Å². The molecule has 26 heavy (non-hydrogen) atoms. The van der Waals surface area contributed by atoms with E-state index in [1.165, 1.54) is 6.92 Å². The zero-order valence-electron chi connectivity index (χ0n) is 14.9. The van der Waals surface area contributed by atoms with Gasteiger partial charge in [0.15, 0.2) is 0 Å². The van der Waals surface area contributed by atoms with E-state index in [0.717, 1.165) is 35.6 Å². The van der Waals surface area contributed by atoms with Gasteiger partial charge in [0.05, 0.1) is 23.7 Å². The normalized spacial score (nSPS) is 12.1. The maximum Gasteiger partial charge on any atom is 0.217 e. The molecule has 136 valence electrons. The van der Waals surface area contributed by atoms with Crippen molar-refractivity contribution in [1.29, 1.82) is 0 Å². The number of rotatable bonds is 7. The van der Waals surface area contributed by atoms with Gasteiger partial charge in [-0.15, -0.1) is 0 Å². The SMILES string of the molecule is CC(=O)NC(C)c1nc2ccccc2n1CCCOc1ccc(Cl)cc1. The van der Waals surface area contributed by atoms with Crippen LogP contribution in [-0.4, -0.2) is 22.1 Å². The first-order valence-corrected chi connectivity index (χ1v) is 9.03. The maximum absolute atomic E-state index is 11.4. The second-order valence-corrected chi connectivity index (χ2v) is 6.62. The van der Waals surface area contributed by atoms with Crippen LogP contribution in [0.4, 0.5) is 0 Å². The Labute approximate surface area is 157 Å². The summed E-state index contributed by atoms with van der Waals surface area (Å²) in [6.45, 7) is 4.81. The molecule has 0 aliphatic heterocycles. The average Bonchev–Trinajstić information content (AvgIpc) is 2.98. The van der Waals surface area contributed by atoms with Crippen molar-refractivity contribution in [3.05, 3.63) is 59.4 Å². The third-order valence-corrected chi connectivity index (χ3v) is 4.35. The first-order valence-electron chi connectivity index (χ1n) is 8.65. The molecular formula is C20H22ClN3O2. The molecule has 1 amide bonds. The molecule has 0 saturated carbocycles. The Balaban J connectivity index is 1.71. The minimum Gasteiger partial charge on any atom is -0.494 e. The molecule has 0 radical (unpaired) electrons. The predicted octanol–water partition coefficient (Wildman–Crippen LogP) is 4.36. The fourth-order valence-electron chi connectivity index (χ4n) is 2.97. The third-order valence-electron chi connectivity index (χ3n) is 4.10. The molecule has 0 aliphatic carbocycles. The van der Waals surface area contributed by atoms with E-state index in [-0.39, 0.29) is 11.9 Å². The van der Waals surface area contributed by atoms with Crippen molar-refractivity contribution < 1.29 is 9.53 Å². The molecule has 0 bridgehead atoms. The minimum absolute atomic E-state index is 0.0674. The highest BCUT2D eigenvalue weighted by atomic mass is 35.5. The molecule has 1 aromatic heterocycles. The van der Waals surface area contributed by atoms with E-state index in [0.29, 0.717) is 11.6 Å². The fourth-order valence-corrected chi connectivity index (χ4v) is 3.10. The summed E-state index contributed by atoms with van der Waals surface area (Å²) < 4.78 is 7.93. The van der Waals surface area contributed by atoms with Crippen LogP contribution in [0.15, 0.2) is 48.5 Å². The number of aromatic nitrogens is 2. The Morgan fingerprint density at radius 3 is 2.69 bits per heavy atom. The monoisotopic (exact) mass is 371 g/mol. The first-order chi connectivity index (χ1) is 12.5. The second kappa shape index (κ2) is 8.23. The van der Waals surface area contributed by atoms with Crippen LogP contribution >= 0.6 is 11.6 Å². The van der Waals surface area contributed by atoms with E-state index in [9.17, 15) is 4.79 Å². The van der Waals surface area contributed by atoms with Crippen LogP contribution in [0.3, 0.4) is 0 Å². The standard InChI is InChI=1S/C20H22ClN3O2/c1-14(22-15(2)25)20-23-18-6-3-4-7-19(18)24(20)12-5-13-26-17-10-8-16(21)9-11-17/h3-4,6-11,14H,5,12-13H2,1-2H3,(H,22,25). The van der Waals surface area contributed by atoms with Crippen LogP contribution in [0.1, 0.15) is 32.1 Å². The van der Waals surface area contributed by atoms with Crippen molar-refractivity contribution in [3.63, 3.8) is 0 Å². The number of ether oxygens (including phenoxy) is 1. The van der Waals surface area contributed by atoms with E-state index >= 15 is 0 Å². The number of halogens is 1. The Morgan fingerprint density at radius 2 is 1.96 bits per heavy atom. The van der Waals surface area contributed by atoms with Gasteiger partial charge in [-0.05, 0) is 49.7 Å². The van der Waals surface area contributed by atoms with Crippen LogP contribution in [0.25, 0.3) is 11.0 Å². The third kappa shape index (κ3) is 4.35. The number of aryl methyl sites for hydroxylation is 1. The molecule has 0 spiro atoms. The maximum atomic E-state index is 11.4. The van der Waals surface area contributed by atoms with Crippen molar-refractivity contribution in [2.75, 3.05) is 6.61 Å². The van der Waals surface area contributed by atoms with Crippen molar-refractivity contribution in [3.8, 4) is 5.75 Å².